The molecule has 2 N–H and O–H groups in total. The molecule has 0 aliphatic carbocycles. The average Bonchev–Trinajstić information content (AvgIpc) is 2.59. The van der Waals surface area contributed by atoms with E-state index in [0.29, 0.717) is 11.4 Å². The summed E-state index contributed by atoms with van der Waals surface area (Å²) in [6.07, 6.45) is 1.40. The number of nitrogens with two attached hydrogens (primary N) is 1. The minimum atomic E-state index is -0.700. The second-order valence-electron chi connectivity index (χ2n) is 3.49. The molecule has 0 aliphatic heterocycles. The lowest BCUT2D eigenvalue weighted by molar-refractivity contribution is -0.385. The summed E-state index contributed by atoms with van der Waals surface area (Å²) in [5.74, 6) is -0.700. The molecule has 0 amide bonds. The van der Waals surface area contributed by atoms with Crippen LogP contribution in [-0.4, -0.2) is 14.7 Å². The summed E-state index contributed by atoms with van der Waals surface area (Å²) in [4.78, 5) is 9.83. The Kier molecular flexibility index (Phi) is 2.51. The molecule has 0 bridgehead atoms. The van der Waals surface area contributed by atoms with E-state index in [1.54, 1.807) is 7.05 Å². The van der Waals surface area contributed by atoms with Gasteiger partial charge in [-0.2, -0.15) is 5.10 Å². The van der Waals surface area contributed by atoms with Crippen LogP contribution in [0.1, 0.15) is 0 Å². The van der Waals surface area contributed by atoms with Crippen LogP contribution in [0.5, 0.6) is 0 Å². The molecule has 7 heteroatoms. The van der Waals surface area contributed by atoms with Crippen molar-refractivity contribution in [1.29, 1.82) is 0 Å². The average molecular weight is 236 g/mol. The van der Waals surface area contributed by atoms with Crippen molar-refractivity contribution in [2.24, 2.45) is 7.05 Å². The molecule has 6 nitrogen and oxygen atoms in total. The molecule has 1 aromatic heterocycles. The van der Waals surface area contributed by atoms with Crippen molar-refractivity contribution < 1.29 is 9.31 Å². The zero-order chi connectivity index (χ0) is 12.6. The number of nitro benzene ring substituents is 1. The van der Waals surface area contributed by atoms with Gasteiger partial charge >= 0.3 is 0 Å². The molecule has 1 aromatic carbocycles. The van der Waals surface area contributed by atoms with Crippen LogP contribution in [0.2, 0.25) is 0 Å². The molecule has 0 atom stereocenters. The SMILES string of the molecule is Cn1ncc(N)c1-c1ccc([N+](=O)[O-])cc1F. The van der Waals surface area contributed by atoms with Crippen molar-refractivity contribution in [3.8, 4) is 11.3 Å². The molecule has 0 saturated heterocycles. The molecule has 0 aliphatic rings. The number of halogens is 1. The zero-order valence-corrected chi connectivity index (χ0v) is 8.92. The van der Waals surface area contributed by atoms with Crippen LogP contribution in [0.3, 0.4) is 0 Å². The quantitative estimate of drug-likeness (QED) is 0.635. The summed E-state index contributed by atoms with van der Waals surface area (Å²) in [6.45, 7) is 0. The fraction of sp³-hybridized carbons (Fsp3) is 0.100. The number of rotatable bonds is 2. The van der Waals surface area contributed by atoms with E-state index in [2.05, 4.69) is 5.10 Å². The third kappa shape index (κ3) is 1.82. The zero-order valence-electron chi connectivity index (χ0n) is 8.92. The van der Waals surface area contributed by atoms with Crippen LogP contribution in [0, 0.1) is 15.9 Å². The molecule has 17 heavy (non-hydrogen) atoms. The van der Waals surface area contributed by atoms with Crippen molar-refractivity contribution in [1.82, 2.24) is 9.78 Å². The van der Waals surface area contributed by atoms with Gasteiger partial charge in [-0.25, -0.2) is 4.39 Å². The van der Waals surface area contributed by atoms with E-state index in [4.69, 9.17) is 5.73 Å². The first kappa shape index (κ1) is 11.1. The largest absolute Gasteiger partial charge is 0.396 e. The highest BCUT2D eigenvalue weighted by atomic mass is 19.1. The van der Waals surface area contributed by atoms with E-state index in [1.165, 1.54) is 23.0 Å². The lowest BCUT2D eigenvalue weighted by atomic mass is 10.1. The van der Waals surface area contributed by atoms with Crippen LogP contribution < -0.4 is 5.73 Å². The predicted molar refractivity (Wildman–Crippen MR) is 59.7 cm³/mol. The maximum atomic E-state index is 13.7. The van der Waals surface area contributed by atoms with Crippen LogP contribution >= 0.6 is 0 Å². The normalized spacial score (nSPS) is 10.5. The minimum Gasteiger partial charge on any atom is -0.396 e. The van der Waals surface area contributed by atoms with Crippen LogP contribution in [0.25, 0.3) is 11.3 Å². The predicted octanol–water partition coefficient (Wildman–Crippen LogP) is 1.72. The van der Waals surface area contributed by atoms with Crippen LogP contribution in [0.4, 0.5) is 15.8 Å². The lowest BCUT2D eigenvalue weighted by Crippen LogP contribution is -1.99. The highest BCUT2D eigenvalue weighted by molar-refractivity contribution is 5.73. The van der Waals surface area contributed by atoms with E-state index in [9.17, 15) is 14.5 Å². The molecule has 0 saturated carbocycles. The van der Waals surface area contributed by atoms with Gasteiger partial charge in [0.25, 0.3) is 5.69 Å². The molecule has 2 aromatic rings. The maximum absolute atomic E-state index is 13.7. The molecule has 0 radical (unpaired) electrons. The monoisotopic (exact) mass is 236 g/mol. The lowest BCUT2D eigenvalue weighted by Gasteiger charge is -2.05. The van der Waals surface area contributed by atoms with Gasteiger partial charge in [-0.05, 0) is 6.07 Å². The first-order valence-corrected chi connectivity index (χ1v) is 4.72. The second kappa shape index (κ2) is 3.85. The van der Waals surface area contributed by atoms with Crippen molar-refractivity contribution >= 4 is 11.4 Å². The van der Waals surface area contributed by atoms with Gasteiger partial charge in [-0.1, -0.05) is 0 Å². The highest BCUT2D eigenvalue weighted by Gasteiger charge is 2.16. The summed E-state index contributed by atoms with van der Waals surface area (Å²) in [5, 5.41) is 14.4. The van der Waals surface area contributed by atoms with Gasteiger partial charge in [0.1, 0.15) is 5.82 Å². The molecular formula is C10H9FN4O2. The third-order valence-electron chi connectivity index (χ3n) is 2.39. The second-order valence-corrected chi connectivity index (χ2v) is 3.49. The van der Waals surface area contributed by atoms with E-state index in [-0.39, 0.29) is 11.3 Å². The maximum Gasteiger partial charge on any atom is 0.272 e. The van der Waals surface area contributed by atoms with Gasteiger partial charge in [0, 0.05) is 18.7 Å². The first-order chi connectivity index (χ1) is 8.00. The minimum absolute atomic E-state index is 0.188. The van der Waals surface area contributed by atoms with Crippen molar-refractivity contribution in [2.75, 3.05) is 5.73 Å². The molecule has 2 rings (SSSR count). The standard InChI is InChI=1S/C10H9FN4O2/c1-14-10(9(12)5-13-14)7-3-2-6(15(16)17)4-8(7)11/h2-5H,12H2,1H3. The van der Waals surface area contributed by atoms with Crippen molar-refractivity contribution in [3.05, 3.63) is 40.3 Å². The number of non-ortho nitro benzene ring substituents is 1. The van der Waals surface area contributed by atoms with Gasteiger partial charge in [-0.3, -0.25) is 14.8 Å². The molecule has 0 unspecified atom stereocenters. The molecule has 1 heterocycles. The van der Waals surface area contributed by atoms with Crippen molar-refractivity contribution in [2.45, 2.75) is 0 Å². The van der Waals surface area contributed by atoms with E-state index < -0.39 is 10.7 Å². The van der Waals surface area contributed by atoms with Crippen molar-refractivity contribution in [3.63, 3.8) is 0 Å². The number of anilines is 1. The van der Waals surface area contributed by atoms with Gasteiger partial charge < -0.3 is 5.73 Å². The Labute approximate surface area is 95.6 Å². The summed E-state index contributed by atoms with van der Waals surface area (Å²) >= 11 is 0. The Hall–Kier alpha value is -2.44. The van der Waals surface area contributed by atoms with Gasteiger partial charge in [0.15, 0.2) is 0 Å². The first-order valence-electron chi connectivity index (χ1n) is 4.72. The summed E-state index contributed by atoms with van der Waals surface area (Å²) < 4.78 is 15.1. The smallest absolute Gasteiger partial charge is 0.272 e. The third-order valence-corrected chi connectivity index (χ3v) is 2.39. The van der Waals surface area contributed by atoms with Gasteiger partial charge in [0.05, 0.1) is 28.6 Å². The van der Waals surface area contributed by atoms with E-state index in [1.807, 2.05) is 0 Å². The Balaban J connectivity index is 2.58. The fourth-order valence-corrected chi connectivity index (χ4v) is 1.59. The number of hydrogen-bond acceptors (Lipinski definition) is 4. The van der Waals surface area contributed by atoms with E-state index >= 15 is 0 Å². The number of nitrogen functional groups attached to an aromatic ring is 1. The summed E-state index contributed by atoms with van der Waals surface area (Å²) in [6, 6.07) is 3.41. The number of hydrogen-bond donors (Lipinski definition) is 1. The number of nitro groups is 1. The number of aryl methyl sites for hydroxylation is 1. The molecule has 88 valence electrons. The fourth-order valence-electron chi connectivity index (χ4n) is 1.59. The summed E-state index contributed by atoms with van der Waals surface area (Å²) in [7, 11) is 1.62. The number of benzene rings is 1. The number of aromatic nitrogens is 2. The Morgan fingerprint density at radius 2 is 2.24 bits per heavy atom. The van der Waals surface area contributed by atoms with E-state index in [0.717, 1.165) is 6.07 Å². The topological polar surface area (TPSA) is 87.0 Å². The number of nitrogens with zero attached hydrogens (tertiary/aromatic N) is 3. The molecular weight excluding hydrogens is 227 g/mol. The molecule has 0 spiro atoms. The van der Waals surface area contributed by atoms with Gasteiger partial charge in [-0.15, -0.1) is 0 Å². The highest BCUT2D eigenvalue weighted by Crippen LogP contribution is 2.29. The van der Waals surface area contributed by atoms with Crippen LogP contribution in [0.15, 0.2) is 24.4 Å². The van der Waals surface area contributed by atoms with Crippen LogP contribution in [-0.2, 0) is 7.05 Å². The van der Waals surface area contributed by atoms with Gasteiger partial charge in [0.2, 0.25) is 0 Å². The Bertz CT molecular complexity index is 574. The molecule has 0 fully saturated rings. The Morgan fingerprint density at radius 1 is 1.53 bits per heavy atom. The summed E-state index contributed by atoms with van der Waals surface area (Å²) in [5.41, 5.74) is 6.27. The Morgan fingerprint density at radius 3 is 2.71 bits per heavy atom.